The second kappa shape index (κ2) is 7.50. The molecule has 1 heterocycles. The molecule has 3 rings (SSSR count). The number of hydrogen-bond acceptors (Lipinski definition) is 5. The van der Waals surface area contributed by atoms with E-state index in [1.807, 2.05) is 0 Å². The molecule has 9 heteroatoms. The fourth-order valence-electron chi connectivity index (χ4n) is 2.94. The number of hydrogen-bond donors (Lipinski definition) is 3. The Labute approximate surface area is 147 Å². The van der Waals surface area contributed by atoms with Crippen LogP contribution in [0.3, 0.4) is 0 Å². The van der Waals surface area contributed by atoms with Crippen LogP contribution in [-0.4, -0.2) is 38.8 Å². The summed E-state index contributed by atoms with van der Waals surface area (Å²) >= 11 is 0. The lowest BCUT2D eigenvalue weighted by molar-refractivity contribution is -0.120. The molecule has 0 aromatic heterocycles. The average Bonchev–Trinajstić information content (AvgIpc) is 2.79. The van der Waals surface area contributed by atoms with E-state index in [9.17, 15) is 13.2 Å². The highest BCUT2D eigenvalue weighted by Gasteiger charge is 2.30. The Morgan fingerprint density at radius 1 is 1.25 bits per heavy atom. The third kappa shape index (κ3) is 4.06. The summed E-state index contributed by atoms with van der Waals surface area (Å²) in [5.74, 6) is 0.0166. The van der Waals surface area contributed by atoms with Crippen LogP contribution in [-0.2, 0) is 14.8 Å². The van der Waals surface area contributed by atoms with E-state index in [0.717, 1.165) is 25.7 Å². The first-order valence-corrected chi connectivity index (χ1v) is 9.15. The second-order valence-electron chi connectivity index (χ2n) is 5.95. The van der Waals surface area contributed by atoms with Crippen LogP contribution >= 0.6 is 12.4 Å². The molecule has 1 aromatic carbocycles. The molecule has 0 bridgehead atoms. The van der Waals surface area contributed by atoms with Crippen molar-refractivity contribution in [2.45, 2.75) is 42.7 Å². The van der Waals surface area contributed by atoms with E-state index < -0.39 is 10.0 Å². The maximum absolute atomic E-state index is 12.0. The van der Waals surface area contributed by atoms with Crippen LogP contribution in [0, 0.1) is 0 Å². The number of fused-ring (bicyclic) bond motifs is 1. The minimum Gasteiger partial charge on any atom is -0.352 e. The number of amidine groups is 1. The lowest BCUT2D eigenvalue weighted by Crippen LogP contribution is -2.41. The molecule has 0 spiro atoms. The molecule has 2 aliphatic rings. The highest BCUT2D eigenvalue weighted by Crippen LogP contribution is 2.22. The number of nitrogens with zero attached hydrogens (tertiary/aromatic N) is 1. The van der Waals surface area contributed by atoms with Crippen LogP contribution in [0.25, 0.3) is 0 Å². The molecule has 0 atom stereocenters. The number of halogens is 1. The number of carbonyl (C=O) groups excluding carboxylic acids is 1. The molecule has 1 amide bonds. The molecule has 1 saturated carbocycles. The van der Waals surface area contributed by atoms with Gasteiger partial charge < -0.3 is 11.1 Å². The summed E-state index contributed by atoms with van der Waals surface area (Å²) in [5.41, 5.74) is 6.34. The Bertz CT molecular complexity index is 743. The zero-order valence-electron chi connectivity index (χ0n) is 13.1. The Kier molecular flexibility index (Phi) is 5.84. The number of aliphatic imine (C=N–C) groups is 1. The van der Waals surface area contributed by atoms with Gasteiger partial charge in [0.15, 0.2) is 0 Å². The summed E-state index contributed by atoms with van der Waals surface area (Å²) in [4.78, 5) is 16.3. The lowest BCUT2D eigenvalue weighted by Gasteiger charge is -2.26. The van der Waals surface area contributed by atoms with Gasteiger partial charge in [0.1, 0.15) is 12.4 Å². The minimum atomic E-state index is -3.56. The van der Waals surface area contributed by atoms with Gasteiger partial charge in [0.05, 0.1) is 4.90 Å². The minimum absolute atomic E-state index is 0. The van der Waals surface area contributed by atoms with Crippen LogP contribution in [0.2, 0.25) is 0 Å². The summed E-state index contributed by atoms with van der Waals surface area (Å²) in [5, 5.41) is 2.93. The molecular formula is C15H21ClN4O3S. The van der Waals surface area contributed by atoms with Crippen molar-refractivity contribution in [1.82, 2.24) is 10.0 Å². The lowest BCUT2D eigenvalue weighted by atomic mass is 9.92. The first-order valence-electron chi connectivity index (χ1n) is 7.67. The Morgan fingerprint density at radius 2 is 1.92 bits per heavy atom. The first kappa shape index (κ1) is 18.7. The molecule has 0 unspecified atom stereocenters. The number of nitrogens with one attached hydrogen (secondary N) is 2. The van der Waals surface area contributed by atoms with E-state index in [4.69, 9.17) is 5.73 Å². The van der Waals surface area contributed by atoms with Crippen LogP contribution < -0.4 is 15.8 Å². The first-order chi connectivity index (χ1) is 11.0. The number of rotatable bonds is 3. The van der Waals surface area contributed by atoms with Crippen LogP contribution in [0.15, 0.2) is 34.2 Å². The molecular weight excluding hydrogens is 352 g/mol. The monoisotopic (exact) mass is 372 g/mol. The van der Waals surface area contributed by atoms with Gasteiger partial charge in [-0.05, 0) is 37.8 Å². The Hall–Kier alpha value is -1.64. The summed E-state index contributed by atoms with van der Waals surface area (Å²) in [7, 11) is -3.56. The molecule has 4 N–H and O–H groups in total. The summed E-state index contributed by atoms with van der Waals surface area (Å²) in [6.45, 7) is -0.102. The van der Waals surface area contributed by atoms with Crippen molar-refractivity contribution in [2.24, 2.45) is 10.7 Å². The van der Waals surface area contributed by atoms with Crippen LogP contribution in [0.4, 0.5) is 0 Å². The quantitative estimate of drug-likeness (QED) is 0.718. The molecule has 1 aromatic rings. The smallest absolute Gasteiger partial charge is 0.263 e. The predicted molar refractivity (Wildman–Crippen MR) is 93.8 cm³/mol. The van der Waals surface area contributed by atoms with E-state index in [1.54, 1.807) is 18.2 Å². The molecule has 1 fully saturated rings. The van der Waals surface area contributed by atoms with Gasteiger partial charge in [-0.1, -0.05) is 12.1 Å². The van der Waals surface area contributed by atoms with Gasteiger partial charge in [0.2, 0.25) is 5.91 Å². The third-order valence-electron chi connectivity index (χ3n) is 4.18. The summed E-state index contributed by atoms with van der Waals surface area (Å²) < 4.78 is 26.3. The Morgan fingerprint density at radius 3 is 2.62 bits per heavy atom. The van der Waals surface area contributed by atoms with Crippen molar-refractivity contribution in [2.75, 3.05) is 6.54 Å². The number of sulfonamides is 1. The fraction of sp³-hybridized carbons (Fsp3) is 0.467. The predicted octanol–water partition coefficient (Wildman–Crippen LogP) is 0.533. The molecule has 132 valence electrons. The topological polar surface area (TPSA) is 114 Å². The number of amides is 1. The SMILES string of the molecule is Cl.NC1CCC(NC(=O)CN=C2NS(=O)(=O)c3ccccc32)CC1. The molecule has 24 heavy (non-hydrogen) atoms. The normalized spacial score (nSPS) is 26.1. The molecule has 1 aliphatic carbocycles. The van der Waals surface area contributed by atoms with E-state index in [1.165, 1.54) is 6.07 Å². The van der Waals surface area contributed by atoms with Gasteiger partial charge in [-0.3, -0.25) is 14.5 Å². The van der Waals surface area contributed by atoms with Crippen molar-refractivity contribution in [1.29, 1.82) is 0 Å². The highest BCUT2D eigenvalue weighted by molar-refractivity contribution is 7.90. The standard InChI is InChI=1S/C15H20N4O3S.ClH/c16-10-5-7-11(8-6-10)18-14(20)9-17-15-12-3-1-2-4-13(12)23(21,22)19-15;/h1-4,10-11H,5-9,16H2,(H,17,19)(H,18,20);1H. The van der Waals surface area contributed by atoms with Crippen molar-refractivity contribution in [3.63, 3.8) is 0 Å². The fourth-order valence-corrected chi connectivity index (χ4v) is 4.19. The zero-order valence-corrected chi connectivity index (χ0v) is 14.7. The van der Waals surface area contributed by atoms with E-state index >= 15 is 0 Å². The average molecular weight is 373 g/mol. The van der Waals surface area contributed by atoms with Gasteiger partial charge in [0, 0.05) is 17.6 Å². The number of nitrogens with two attached hydrogens (primary N) is 1. The second-order valence-corrected chi connectivity index (χ2v) is 7.60. The highest BCUT2D eigenvalue weighted by atomic mass is 35.5. The molecule has 0 saturated heterocycles. The largest absolute Gasteiger partial charge is 0.352 e. The van der Waals surface area contributed by atoms with E-state index in [-0.39, 0.29) is 47.7 Å². The van der Waals surface area contributed by atoms with Gasteiger partial charge in [0.25, 0.3) is 10.0 Å². The summed E-state index contributed by atoms with van der Waals surface area (Å²) in [6, 6.07) is 6.95. The molecule has 7 nitrogen and oxygen atoms in total. The van der Waals surface area contributed by atoms with Crippen molar-refractivity contribution < 1.29 is 13.2 Å². The van der Waals surface area contributed by atoms with Gasteiger partial charge in [-0.15, -0.1) is 12.4 Å². The van der Waals surface area contributed by atoms with Crippen molar-refractivity contribution in [3.8, 4) is 0 Å². The van der Waals surface area contributed by atoms with Gasteiger partial charge in [-0.2, -0.15) is 0 Å². The zero-order chi connectivity index (χ0) is 16.4. The van der Waals surface area contributed by atoms with Crippen LogP contribution in [0.1, 0.15) is 31.2 Å². The van der Waals surface area contributed by atoms with E-state index in [0.29, 0.717) is 5.56 Å². The van der Waals surface area contributed by atoms with Gasteiger partial charge >= 0.3 is 0 Å². The van der Waals surface area contributed by atoms with E-state index in [2.05, 4.69) is 15.0 Å². The Balaban J connectivity index is 0.00000208. The number of benzene rings is 1. The summed E-state index contributed by atoms with van der Waals surface area (Å²) in [6.07, 6.45) is 3.57. The van der Waals surface area contributed by atoms with Gasteiger partial charge in [-0.25, -0.2) is 8.42 Å². The molecule has 0 radical (unpaired) electrons. The molecule has 1 aliphatic heterocycles. The van der Waals surface area contributed by atoms with Crippen molar-refractivity contribution >= 4 is 34.2 Å². The van der Waals surface area contributed by atoms with Crippen LogP contribution in [0.5, 0.6) is 0 Å². The maximum atomic E-state index is 12.0. The third-order valence-corrected chi connectivity index (χ3v) is 5.58. The maximum Gasteiger partial charge on any atom is 0.263 e. The van der Waals surface area contributed by atoms with Crippen molar-refractivity contribution in [3.05, 3.63) is 29.8 Å². The number of carbonyl (C=O) groups is 1.